The summed E-state index contributed by atoms with van der Waals surface area (Å²) >= 11 is 1.93. The molecule has 0 aromatic carbocycles. The van der Waals surface area contributed by atoms with Crippen molar-refractivity contribution in [1.82, 2.24) is 10.6 Å². The minimum Gasteiger partial charge on any atom is -0.353 e. The van der Waals surface area contributed by atoms with Gasteiger partial charge in [0.05, 0.1) is 0 Å². The van der Waals surface area contributed by atoms with Crippen molar-refractivity contribution in [3.8, 4) is 0 Å². The number of amides is 1. The highest BCUT2D eigenvalue weighted by Crippen LogP contribution is 2.18. The zero-order valence-corrected chi connectivity index (χ0v) is 11.8. The van der Waals surface area contributed by atoms with Gasteiger partial charge in [-0.1, -0.05) is 12.8 Å². The molecule has 1 amide bonds. The molecule has 0 aromatic rings. The van der Waals surface area contributed by atoms with Gasteiger partial charge < -0.3 is 10.6 Å². The molecule has 0 aliphatic heterocycles. The maximum Gasteiger partial charge on any atom is 0.221 e. The van der Waals surface area contributed by atoms with Gasteiger partial charge in [0, 0.05) is 19.0 Å². The lowest BCUT2D eigenvalue weighted by atomic mass is 10.2. The third kappa shape index (κ3) is 9.48. The van der Waals surface area contributed by atoms with Crippen LogP contribution in [0.5, 0.6) is 0 Å². The quantitative estimate of drug-likeness (QED) is 0.558. The van der Waals surface area contributed by atoms with Crippen LogP contribution in [-0.4, -0.2) is 37.0 Å². The summed E-state index contributed by atoms with van der Waals surface area (Å²) in [5.41, 5.74) is 0. The molecular formula is C13H26N2OS. The summed E-state index contributed by atoms with van der Waals surface area (Å²) in [6, 6.07) is 0.499. The van der Waals surface area contributed by atoms with Crippen LogP contribution in [0.1, 0.15) is 44.9 Å². The summed E-state index contributed by atoms with van der Waals surface area (Å²) in [6.45, 7) is 1.87. The number of thioether (sulfide) groups is 1. The first-order chi connectivity index (χ1) is 8.33. The zero-order chi connectivity index (χ0) is 12.3. The van der Waals surface area contributed by atoms with Gasteiger partial charge in [0.1, 0.15) is 0 Å². The normalized spacial score (nSPS) is 14.9. The van der Waals surface area contributed by atoms with E-state index in [0.29, 0.717) is 12.5 Å². The summed E-state index contributed by atoms with van der Waals surface area (Å²) in [6.07, 6.45) is 10.4. The van der Waals surface area contributed by atoms with Gasteiger partial charge in [-0.05, 0) is 44.2 Å². The van der Waals surface area contributed by atoms with Gasteiger partial charge in [0.15, 0.2) is 0 Å². The Hall–Kier alpha value is -0.220. The van der Waals surface area contributed by atoms with E-state index in [1.54, 1.807) is 0 Å². The number of unbranched alkanes of at least 4 members (excludes halogenated alkanes) is 3. The Kier molecular flexibility index (Phi) is 8.53. The molecule has 1 fully saturated rings. The van der Waals surface area contributed by atoms with Crippen molar-refractivity contribution in [1.29, 1.82) is 0 Å². The predicted octanol–water partition coefficient (Wildman–Crippen LogP) is 2.17. The highest BCUT2D eigenvalue weighted by atomic mass is 32.2. The second-order valence-corrected chi connectivity index (χ2v) is 5.73. The molecule has 17 heavy (non-hydrogen) atoms. The van der Waals surface area contributed by atoms with E-state index in [0.717, 1.165) is 13.1 Å². The van der Waals surface area contributed by atoms with Crippen LogP contribution < -0.4 is 10.6 Å². The van der Waals surface area contributed by atoms with E-state index in [4.69, 9.17) is 0 Å². The Morgan fingerprint density at radius 2 is 1.94 bits per heavy atom. The van der Waals surface area contributed by atoms with Crippen molar-refractivity contribution >= 4 is 17.7 Å². The molecule has 0 saturated heterocycles. The first-order valence-corrected chi connectivity index (χ1v) is 8.21. The minimum absolute atomic E-state index is 0.208. The Bertz CT molecular complexity index is 208. The largest absolute Gasteiger partial charge is 0.353 e. The van der Waals surface area contributed by atoms with Crippen LogP contribution in [0.15, 0.2) is 0 Å². The van der Waals surface area contributed by atoms with Crippen LogP contribution in [0.25, 0.3) is 0 Å². The number of rotatable bonds is 11. The van der Waals surface area contributed by atoms with Crippen molar-refractivity contribution in [2.45, 2.75) is 51.0 Å². The van der Waals surface area contributed by atoms with Crippen LogP contribution in [0, 0.1) is 0 Å². The number of carbonyl (C=O) groups is 1. The molecule has 0 unspecified atom stereocenters. The molecule has 0 heterocycles. The van der Waals surface area contributed by atoms with Crippen molar-refractivity contribution in [2.24, 2.45) is 0 Å². The van der Waals surface area contributed by atoms with Crippen molar-refractivity contribution in [2.75, 3.05) is 25.1 Å². The van der Waals surface area contributed by atoms with Crippen LogP contribution in [0.4, 0.5) is 0 Å². The van der Waals surface area contributed by atoms with Crippen LogP contribution in [0.2, 0.25) is 0 Å². The van der Waals surface area contributed by atoms with Crippen molar-refractivity contribution in [3.05, 3.63) is 0 Å². The maximum absolute atomic E-state index is 11.3. The molecule has 3 nitrogen and oxygen atoms in total. The molecule has 1 aliphatic carbocycles. The van der Waals surface area contributed by atoms with Crippen molar-refractivity contribution in [3.63, 3.8) is 0 Å². The molecule has 0 aromatic heterocycles. The second-order valence-electron chi connectivity index (χ2n) is 4.75. The van der Waals surface area contributed by atoms with Gasteiger partial charge in [-0.25, -0.2) is 0 Å². The highest BCUT2D eigenvalue weighted by molar-refractivity contribution is 7.98. The molecule has 0 bridgehead atoms. The molecular weight excluding hydrogens is 232 g/mol. The van der Waals surface area contributed by atoms with E-state index in [2.05, 4.69) is 16.9 Å². The Morgan fingerprint density at radius 3 is 2.65 bits per heavy atom. The Morgan fingerprint density at radius 1 is 1.18 bits per heavy atom. The van der Waals surface area contributed by atoms with E-state index in [1.807, 2.05) is 11.8 Å². The molecule has 100 valence electrons. The third-order valence-electron chi connectivity index (χ3n) is 2.92. The predicted molar refractivity (Wildman–Crippen MR) is 75.5 cm³/mol. The number of hydrogen-bond acceptors (Lipinski definition) is 3. The summed E-state index contributed by atoms with van der Waals surface area (Å²) in [4.78, 5) is 11.3. The van der Waals surface area contributed by atoms with Crippen LogP contribution in [0.3, 0.4) is 0 Å². The zero-order valence-electron chi connectivity index (χ0n) is 11.0. The second kappa shape index (κ2) is 9.77. The molecule has 1 rings (SSSR count). The maximum atomic E-state index is 11.3. The van der Waals surface area contributed by atoms with E-state index in [-0.39, 0.29) is 5.91 Å². The van der Waals surface area contributed by atoms with Crippen molar-refractivity contribution < 1.29 is 4.79 Å². The summed E-state index contributed by atoms with van der Waals surface area (Å²) in [5.74, 6) is 1.49. The lowest BCUT2D eigenvalue weighted by molar-refractivity contribution is -0.121. The van der Waals surface area contributed by atoms with Crippen LogP contribution >= 0.6 is 11.8 Å². The molecule has 0 spiro atoms. The monoisotopic (exact) mass is 258 g/mol. The van der Waals surface area contributed by atoms with E-state index >= 15 is 0 Å². The Balaban J connectivity index is 1.73. The molecule has 1 saturated carbocycles. The van der Waals surface area contributed by atoms with Crippen LogP contribution in [-0.2, 0) is 4.79 Å². The molecule has 4 heteroatoms. The van der Waals surface area contributed by atoms with Gasteiger partial charge in [-0.2, -0.15) is 11.8 Å². The van der Waals surface area contributed by atoms with Gasteiger partial charge in [-0.3, -0.25) is 4.79 Å². The van der Waals surface area contributed by atoms with Gasteiger partial charge in [-0.15, -0.1) is 0 Å². The summed E-state index contributed by atoms with van der Waals surface area (Å²) in [5, 5.41) is 6.33. The average molecular weight is 258 g/mol. The fourth-order valence-corrected chi connectivity index (χ4v) is 2.20. The molecule has 1 aliphatic rings. The smallest absolute Gasteiger partial charge is 0.221 e. The topological polar surface area (TPSA) is 41.1 Å². The third-order valence-corrected chi connectivity index (χ3v) is 3.62. The standard InChI is InChI=1S/C13H26N2OS/c1-17-11-5-3-2-4-9-14-10-8-13(16)15-12-6-7-12/h12,14H,2-11H2,1H3,(H,15,16). The molecule has 0 atom stereocenters. The first kappa shape index (κ1) is 14.8. The lowest BCUT2D eigenvalue weighted by Crippen LogP contribution is -2.29. The molecule has 0 radical (unpaired) electrons. The fraction of sp³-hybridized carbons (Fsp3) is 0.923. The van der Waals surface area contributed by atoms with E-state index in [1.165, 1.54) is 44.3 Å². The number of hydrogen-bond donors (Lipinski definition) is 2. The summed E-state index contributed by atoms with van der Waals surface area (Å²) in [7, 11) is 0. The minimum atomic E-state index is 0.208. The molecule has 2 N–H and O–H groups in total. The van der Waals surface area contributed by atoms with Gasteiger partial charge >= 0.3 is 0 Å². The SMILES string of the molecule is CSCCCCCCNCCC(=O)NC1CC1. The fourth-order valence-electron chi connectivity index (χ4n) is 1.70. The first-order valence-electron chi connectivity index (χ1n) is 6.82. The lowest BCUT2D eigenvalue weighted by Gasteiger charge is -2.05. The highest BCUT2D eigenvalue weighted by Gasteiger charge is 2.22. The van der Waals surface area contributed by atoms with Gasteiger partial charge in [0.25, 0.3) is 0 Å². The average Bonchev–Trinajstić information content (AvgIpc) is 3.11. The van der Waals surface area contributed by atoms with Gasteiger partial charge in [0.2, 0.25) is 5.91 Å². The summed E-state index contributed by atoms with van der Waals surface area (Å²) < 4.78 is 0. The van der Waals surface area contributed by atoms with E-state index in [9.17, 15) is 4.79 Å². The number of carbonyl (C=O) groups excluding carboxylic acids is 1. The number of nitrogens with one attached hydrogen (secondary N) is 2. The Labute approximate surface area is 109 Å². The van der Waals surface area contributed by atoms with E-state index < -0.39 is 0 Å².